The third-order valence-electron chi connectivity index (χ3n) is 7.98. The third kappa shape index (κ3) is 3.24. The lowest BCUT2D eigenvalue weighted by molar-refractivity contribution is 0.487. The lowest BCUT2D eigenvalue weighted by Gasteiger charge is -2.23. The summed E-state index contributed by atoms with van der Waals surface area (Å²) >= 11 is 0. The highest BCUT2D eigenvalue weighted by Gasteiger charge is 2.21. The van der Waals surface area contributed by atoms with Gasteiger partial charge in [-0.3, -0.25) is 0 Å². The van der Waals surface area contributed by atoms with Crippen molar-refractivity contribution in [2.45, 2.75) is 12.8 Å². The Hall–Kier alpha value is -4.62. The first-order chi connectivity index (χ1) is 18.3. The Kier molecular flexibility index (Phi) is 4.41. The third-order valence-corrected chi connectivity index (χ3v) is 7.98. The van der Waals surface area contributed by atoms with Crippen molar-refractivity contribution in [1.82, 2.24) is 0 Å². The van der Waals surface area contributed by atoms with E-state index in [9.17, 15) is 0 Å². The fraction of sp³-hybridized carbons (Fsp3) is 0.0556. The maximum absolute atomic E-state index is 6.32. The molecule has 6 aromatic rings. The Morgan fingerprint density at radius 1 is 0.514 bits per heavy atom. The summed E-state index contributed by atoms with van der Waals surface area (Å²) in [4.78, 5) is 0. The largest absolute Gasteiger partial charge is 0.456 e. The monoisotopic (exact) mass is 472 g/mol. The summed E-state index contributed by atoms with van der Waals surface area (Å²) in [7, 11) is 0. The minimum Gasteiger partial charge on any atom is -0.456 e. The molecule has 1 heterocycles. The van der Waals surface area contributed by atoms with Crippen LogP contribution in [0, 0.1) is 0 Å². The Labute approximate surface area is 216 Å². The zero-order valence-corrected chi connectivity index (χ0v) is 20.4. The summed E-state index contributed by atoms with van der Waals surface area (Å²) < 4.78 is 6.32. The molecule has 0 unspecified atom stereocenters. The van der Waals surface area contributed by atoms with E-state index in [2.05, 4.69) is 121 Å². The van der Waals surface area contributed by atoms with E-state index in [1.165, 1.54) is 66.1 Å². The van der Waals surface area contributed by atoms with Crippen molar-refractivity contribution in [3.8, 4) is 33.8 Å². The molecule has 1 aliphatic carbocycles. The highest BCUT2D eigenvalue weighted by Crippen LogP contribution is 2.47. The van der Waals surface area contributed by atoms with E-state index in [1.54, 1.807) is 0 Å². The fourth-order valence-electron chi connectivity index (χ4n) is 6.15. The van der Waals surface area contributed by atoms with Gasteiger partial charge in [0.05, 0.1) is 0 Å². The van der Waals surface area contributed by atoms with E-state index in [0.29, 0.717) is 0 Å². The van der Waals surface area contributed by atoms with Crippen LogP contribution in [0.4, 0.5) is 0 Å². The van der Waals surface area contributed by atoms with Crippen LogP contribution >= 0.6 is 0 Å². The molecule has 37 heavy (non-hydrogen) atoms. The van der Waals surface area contributed by atoms with Crippen LogP contribution in [0.25, 0.3) is 55.4 Å². The summed E-state index contributed by atoms with van der Waals surface area (Å²) in [5.41, 5.74) is 10.4. The first kappa shape index (κ1) is 20.6. The first-order valence-electron chi connectivity index (χ1n) is 13.0. The lowest BCUT2D eigenvalue weighted by Crippen LogP contribution is -2.02. The van der Waals surface area contributed by atoms with Gasteiger partial charge < -0.3 is 4.74 Å². The summed E-state index contributed by atoms with van der Waals surface area (Å²) in [6.45, 7) is 0. The van der Waals surface area contributed by atoms with Gasteiger partial charge in [0, 0.05) is 10.9 Å². The smallest absolute Gasteiger partial charge is 0.135 e. The van der Waals surface area contributed by atoms with E-state index < -0.39 is 0 Å². The van der Waals surface area contributed by atoms with Gasteiger partial charge in [0.25, 0.3) is 0 Å². The van der Waals surface area contributed by atoms with Crippen LogP contribution in [0.3, 0.4) is 0 Å². The average Bonchev–Trinajstić information content (AvgIpc) is 2.97. The number of rotatable bonds is 2. The lowest BCUT2D eigenvalue weighted by atomic mass is 9.84. The van der Waals surface area contributed by atoms with E-state index >= 15 is 0 Å². The van der Waals surface area contributed by atoms with Crippen LogP contribution in [0.1, 0.15) is 23.1 Å². The Bertz CT molecular complexity index is 1890. The molecule has 8 rings (SSSR count). The highest BCUT2D eigenvalue weighted by molar-refractivity contribution is 6.05. The molecule has 0 fully saturated rings. The molecule has 0 atom stereocenters. The van der Waals surface area contributed by atoms with Crippen molar-refractivity contribution in [1.29, 1.82) is 0 Å². The molecule has 1 heteroatoms. The van der Waals surface area contributed by atoms with Crippen LogP contribution in [-0.2, 0) is 6.42 Å². The normalized spacial score (nSPS) is 13.6. The van der Waals surface area contributed by atoms with Crippen molar-refractivity contribution in [3.63, 3.8) is 0 Å². The molecule has 0 aromatic heterocycles. The van der Waals surface area contributed by atoms with Gasteiger partial charge in [0.2, 0.25) is 0 Å². The van der Waals surface area contributed by atoms with Crippen molar-refractivity contribution in [2.24, 2.45) is 0 Å². The number of hydrogen-bond acceptors (Lipinski definition) is 1. The van der Waals surface area contributed by atoms with Gasteiger partial charge >= 0.3 is 0 Å². The van der Waals surface area contributed by atoms with Crippen LogP contribution in [0.5, 0.6) is 11.5 Å². The van der Waals surface area contributed by atoms with Gasteiger partial charge in [-0.05, 0) is 92.2 Å². The Morgan fingerprint density at radius 2 is 1.38 bits per heavy atom. The molecule has 0 radical (unpaired) electrons. The summed E-state index contributed by atoms with van der Waals surface area (Å²) in [6.07, 6.45) is 4.48. The molecular formula is C36H24O. The number of hydrogen-bond donors (Lipinski definition) is 0. The van der Waals surface area contributed by atoms with E-state index in [0.717, 1.165) is 24.3 Å². The van der Waals surface area contributed by atoms with Crippen molar-refractivity contribution < 1.29 is 4.74 Å². The predicted octanol–water partition coefficient (Wildman–Crippen LogP) is 9.92. The SMILES string of the molecule is C1=C(c2ccc3c(c2)-c2cccc4cccc(c24)O3)CCc2c1ccc1cc(-c3ccccc3)ccc21. The number of ether oxygens (including phenoxy) is 1. The van der Waals surface area contributed by atoms with Crippen LogP contribution in [0.2, 0.25) is 0 Å². The molecule has 174 valence electrons. The van der Waals surface area contributed by atoms with E-state index in [-0.39, 0.29) is 0 Å². The van der Waals surface area contributed by atoms with Crippen LogP contribution < -0.4 is 4.74 Å². The van der Waals surface area contributed by atoms with Crippen molar-refractivity contribution in [2.75, 3.05) is 0 Å². The molecule has 0 amide bonds. The predicted molar refractivity (Wildman–Crippen MR) is 155 cm³/mol. The fourth-order valence-corrected chi connectivity index (χ4v) is 6.15. The second-order valence-electron chi connectivity index (χ2n) is 10.1. The highest BCUT2D eigenvalue weighted by atomic mass is 16.5. The van der Waals surface area contributed by atoms with E-state index in [4.69, 9.17) is 4.74 Å². The molecule has 0 spiro atoms. The topological polar surface area (TPSA) is 9.23 Å². The van der Waals surface area contributed by atoms with Gasteiger partial charge in [0.15, 0.2) is 0 Å². The molecule has 1 nitrogen and oxygen atoms in total. The van der Waals surface area contributed by atoms with E-state index in [1.807, 2.05) is 0 Å². The zero-order chi connectivity index (χ0) is 24.3. The van der Waals surface area contributed by atoms with Gasteiger partial charge in [-0.1, -0.05) is 97.1 Å². The second-order valence-corrected chi connectivity index (χ2v) is 10.1. The van der Waals surface area contributed by atoms with Gasteiger partial charge in [-0.2, -0.15) is 0 Å². The molecule has 0 bridgehead atoms. The molecule has 1 aliphatic heterocycles. The first-order valence-corrected chi connectivity index (χ1v) is 13.0. The standard InChI is InChI=1S/C36H24O/c1-2-6-23(7-3-1)25-14-17-30-28(20-25)12-13-29-21-26(15-18-31(29)30)27-16-19-34-33(22-27)32-10-4-8-24-9-5-11-35(37-34)36(24)32/h1-14,16-17,19-22H,15,18H2. The second kappa shape index (κ2) is 7.94. The van der Waals surface area contributed by atoms with Crippen LogP contribution in [-0.4, -0.2) is 0 Å². The summed E-state index contributed by atoms with van der Waals surface area (Å²) in [5, 5.41) is 5.11. The van der Waals surface area contributed by atoms with Gasteiger partial charge in [0.1, 0.15) is 11.5 Å². The number of aryl methyl sites for hydroxylation is 1. The van der Waals surface area contributed by atoms with Gasteiger partial charge in [-0.15, -0.1) is 0 Å². The maximum Gasteiger partial charge on any atom is 0.135 e. The molecule has 0 N–H and O–H groups in total. The zero-order valence-electron chi connectivity index (χ0n) is 20.4. The molecule has 0 saturated carbocycles. The molecular weight excluding hydrogens is 448 g/mol. The average molecular weight is 473 g/mol. The Balaban J connectivity index is 1.20. The maximum atomic E-state index is 6.32. The minimum absolute atomic E-state index is 0.937. The summed E-state index contributed by atoms with van der Waals surface area (Å²) in [6, 6.07) is 41.6. The minimum atomic E-state index is 0.937. The van der Waals surface area contributed by atoms with Crippen molar-refractivity contribution in [3.05, 3.63) is 132 Å². The van der Waals surface area contributed by atoms with Gasteiger partial charge in [-0.25, -0.2) is 0 Å². The summed E-state index contributed by atoms with van der Waals surface area (Å²) in [5.74, 6) is 1.88. The Morgan fingerprint density at radius 3 is 2.30 bits per heavy atom. The van der Waals surface area contributed by atoms with Crippen molar-refractivity contribution >= 4 is 33.2 Å². The number of benzene rings is 6. The molecule has 2 aliphatic rings. The number of fused-ring (bicyclic) bond motifs is 5. The number of allylic oxidation sites excluding steroid dienone is 1. The quantitative estimate of drug-likeness (QED) is 0.243. The molecule has 6 aromatic carbocycles. The van der Waals surface area contributed by atoms with Crippen LogP contribution in [0.15, 0.2) is 115 Å². The molecule has 0 saturated heterocycles.